The number of nitrogens with zero attached hydrogens (tertiary/aromatic N) is 1. The lowest BCUT2D eigenvalue weighted by atomic mass is 9.70. The van der Waals surface area contributed by atoms with Crippen molar-refractivity contribution < 1.29 is 0 Å². The molecule has 0 aromatic heterocycles. The van der Waals surface area contributed by atoms with Crippen LogP contribution >= 0.6 is 0 Å². The van der Waals surface area contributed by atoms with E-state index < -0.39 is 8.07 Å². The summed E-state index contributed by atoms with van der Waals surface area (Å²) in [7, 11) is -1.22. The highest BCUT2D eigenvalue weighted by molar-refractivity contribution is 6.88. The summed E-state index contributed by atoms with van der Waals surface area (Å²) in [5.41, 5.74) is 1.04. The molecule has 2 heteroatoms. The molecule has 1 aromatic carbocycles. The lowest BCUT2D eigenvalue weighted by Gasteiger charge is -2.31. The van der Waals surface area contributed by atoms with Crippen molar-refractivity contribution >= 4 is 13.3 Å². The maximum absolute atomic E-state index is 9.58. The quantitative estimate of drug-likeness (QED) is 0.736. The summed E-state index contributed by atoms with van der Waals surface area (Å²) in [5, 5.41) is 11.1. The molecular formula is C16H23NSi. The Morgan fingerprint density at radius 2 is 1.56 bits per heavy atom. The number of benzene rings is 1. The standard InChI is InChI=1S/C16H23NSi/c1-18(2,3)15-9-7-14(8-10-15)16(13-17)11-5-4-6-12-16/h7-10H,4-6,11-12H2,1-3H3. The molecule has 0 bridgehead atoms. The third kappa shape index (κ3) is 2.52. The maximum Gasteiger partial charge on any atom is 0.0822 e. The molecule has 1 aliphatic rings. The van der Waals surface area contributed by atoms with Crippen LogP contribution in [0.1, 0.15) is 37.7 Å². The zero-order valence-corrected chi connectivity index (χ0v) is 12.8. The van der Waals surface area contributed by atoms with Crippen molar-refractivity contribution in [3.05, 3.63) is 29.8 Å². The van der Waals surface area contributed by atoms with E-state index in [0.29, 0.717) is 0 Å². The molecule has 0 unspecified atom stereocenters. The second-order valence-electron chi connectivity index (χ2n) is 6.58. The highest BCUT2D eigenvalue weighted by Gasteiger charge is 2.34. The number of nitriles is 1. The molecule has 0 amide bonds. The zero-order chi connectivity index (χ0) is 13.2. The number of hydrogen-bond acceptors (Lipinski definition) is 1. The van der Waals surface area contributed by atoms with Crippen molar-refractivity contribution in [3.63, 3.8) is 0 Å². The summed E-state index contributed by atoms with van der Waals surface area (Å²) < 4.78 is 0. The van der Waals surface area contributed by atoms with Crippen molar-refractivity contribution in [1.29, 1.82) is 5.26 Å². The minimum Gasteiger partial charge on any atom is -0.197 e. The molecule has 1 aromatic rings. The largest absolute Gasteiger partial charge is 0.197 e. The van der Waals surface area contributed by atoms with Gasteiger partial charge in [0.2, 0.25) is 0 Å². The van der Waals surface area contributed by atoms with Crippen molar-refractivity contribution in [2.45, 2.75) is 57.2 Å². The normalized spacial score (nSPS) is 19.2. The summed E-state index contributed by atoms with van der Waals surface area (Å²) in [6.45, 7) is 7.09. The van der Waals surface area contributed by atoms with Gasteiger partial charge < -0.3 is 0 Å². The van der Waals surface area contributed by atoms with Crippen LogP contribution in [0, 0.1) is 11.3 Å². The molecule has 1 saturated carbocycles. The van der Waals surface area contributed by atoms with Gasteiger partial charge in [0.05, 0.1) is 19.6 Å². The van der Waals surface area contributed by atoms with E-state index in [0.717, 1.165) is 12.8 Å². The van der Waals surface area contributed by atoms with Gasteiger partial charge in [-0.05, 0) is 18.4 Å². The Kier molecular flexibility index (Phi) is 3.63. The molecule has 2 rings (SSSR count). The molecule has 0 spiro atoms. The fraction of sp³-hybridized carbons (Fsp3) is 0.562. The molecule has 0 atom stereocenters. The SMILES string of the molecule is C[Si](C)(C)c1ccc(C2(C#N)CCCCC2)cc1. The van der Waals surface area contributed by atoms with Gasteiger partial charge in [0.1, 0.15) is 0 Å². The maximum atomic E-state index is 9.58. The van der Waals surface area contributed by atoms with E-state index in [2.05, 4.69) is 50.0 Å². The molecular weight excluding hydrogens is 234 g/mol. The smallest absolute Gasteiger partial charge is 0.0822 e. The lowest BCUT2D eigenvalue weighted by molar-refractivity contribution is 0.366. The second kappa shape index (κ2) is 4.89. The molecule has 0 heterocycles. The van der Waals surface area contributed by atoms with E-state index in [1.54, 1.807) is 0 Å². The average molecular weight is 257 g/mol. The fourth-order valence-electron chi connectivity index (χ4n) is 2.91. The molecule has 0 N–H and O–H groups in total. The molecule has 0 radical (unpaired) electrons. The van der Waals surface area contributed by atoms with Gasteiger partial charge in [-0.1, -0.05) is 68.4 Å². The predicted octanol–water partition coefficient (Wildman–Crippen LogP) is 3.96. The first-order valence-corrected chi connectivity index (χ1v) is 10.5. The van der Waals surface area contributed by atoms with Crippen LogP contribution in [-0.4, -0.2) is 8.07 Å². The Bertz CT molecular complexity index is 441. The fourth-order valence-corrected chi connectivity index (χ4v) is 4.08. The van der Waals surface area contributed by atoms with Crippen molar-refractivity contribution in [3.8, 4) is 6.07 Å². The molecule has 18 heavy (non-hydrogen) atoms. The van der Waals surface area contributed by atoms with Gasteiger partial charge in [0.25, 0.3) is 0 Å². The van der Waals surface area contributed by atoms with Crippen molar-refractivity contribution in [2.75, 3.05) is 0 Å². The minimum atomic E-state index is -1.22. The van der Waals surface area contributed by atoms with Gasteiger partial charge in [-0.15, -0.1) is 0 Å². The van der Waals surface area contributed by atoms with E-state index >= 15 is 0 Å². The van der Waals surface area contributed by atoms with Crippen LogP contribution in [0.3, 0.4) is 0 Å². The van der Waals surface area contributed by atoms with Crippen LogP contribution in [0.25, 0.3) is 0 Å². The first-order valence-electron chi connectivity index (χ1n) is 7.00. The lowest BCUT2D eigenvalue weighted by Crippen LogP contribution is -2.38. The first kappa shape index (κ1) is 13.4. The number of rotatable bonds is 2. The topological polar surface area (TPSA) is 23.8 Å². The highest BCUT2D eigenvalue weighted by Crippen LogP contribution is 2.38. The second-order valence-corrected chi connectivity index (χ2v) is 11.7. The van der Waals surface area contributed by atoms with Crippen LogP contribution in [0.2, 0.25) is 19.6 Å². The third-order valence-corrected chi connectivity index (χ3v) is 6.29. The van der Waals surface area contributed by atoms with Crippen LogP contribution in [-0.2, 0) is 5.41 Å². The van der Waals surface area contributed by atoms with E-state index in [4.69, 9.17) is 0 Å². The molecule has 1 fully saturated rings. The van der Waals surface area contributed by atoms with Crippen LogP contribution < -0.4 is 5.19 Å². The van der Waals surface area contributed by atoms with Crippen molar-refractivity contribution in [1.82, 2.24) is 0 Å². The first-order chi connectivity index (χ1) is 8.48. The van der Waals surface area contributed by atoms with Gasteiger partial charge in [-0.3, -0.25) is 0 Å². The Hall–Kier alpha value is -1.07. The molecule has 1 aliphatic carbocycles. The van der Waals surface area contributed by atoms with Gasteiger partial charge >= 0.3 is 0 Å². The van der Waals surface area contributed by atoms with Gasteiger partial charge in [-0.25, -0.2) is 0 Å². The Labute approximate surface area is 112 Å². The van der Waals surface area contributed by atoms with E-state index in [-0.39, 0.29) is 5.41 Å². The monoisotopic (exact) mass is 257 g/mol. The summed E-state index contributed by atoms with van der Waals surface area (Å²) in [4.78, 5) is 0. The van der Waals surface area contributed by atoms with Crippen LogP contribution in [0.5, 0.6) is 0 Å². The predicted molar refractivity (Wildman–Crippen MR) is 79.8 cm³/mol. The Balaban J connectivity index is 2.31. The number of hydrogen-bond donors (Lipinski definition) is 0. The summed E-state index contributed by atoms with van der Waals surface area (Å²) >= 11 is 0. The van der Waals surface area contributed by atoms with E-state index in [1.807, 2.05) is 0 Å². The summed E-state index contributed by atoms with van der Waals surface area (Å²) in [6, 6.07) is 11.5. The Morgan fingerprint density at radius 3 is 2.00 bits per heavy atom. The van der Waals surface area contributed by atoms with Crippen LogP contribution in [0.15, 0.2) is 24.3 Å². The summed E-state index contributed by atoms with van der Waals surface area (Å²) in [6.07, 6.45) is 5.76. The zero-order valence-electron chi connectivity index (χ0n) is 11.8. The third-order valence-electron chi connectivity index (χ3n) is 4.22. The van der Waals surface area contributed by atoms with E-state index in [1.165, 1.54) is 30.0 Å². The molecule has 96 valence electrons. The molecule has 0 saturated heterocycles. The van der Waals surface area contributed by atoms with Crippen molar-refractivity contribution in [2.24, 2.45) is 0 Å². The average Bonchev–Trinajstić information content (AvgIpc) is 2.39. The van der Waals surface area contributed by atoms with Gasteiger partial charge in [-0.2, -0.15) is 5.26 Å². The van der Waals surface area contributed by atoms with E-state index in [9.17, 15) is 5.26 Å². The molecule has 1 nitrogen and oxygen atoms in total. The summed E-state index contributed by atoms with van der Waals surface area (Å²) in [5.74, 6) is 0. The van der Waals surface area contributed by atoms with Gasteiger partial charge in [0.15, 0.2) is 0 Å². The minimum absolute atomic E-state index is 0.198. The van der Waals surface area contributed by atoms with Crippen LogP contribution in [0.4, 0.5) is 0 Å². The Morgan fingerprint density at radius 1 is 1.00 bits per heavy atom. The van der Waals surface area contributed by atoms with Gasteiger partial charge in [0, 0.05) is 0 Å². The highest BCUT2D eigenvalue weighted by atomic mass is 28.3. The molecule has 0 aliphatic heterocycles.